The topological polar surface area (TPSA) is 89.4 Å². The molecule has 1 rings (SSSR count). The highest BCUT2D eigenvalue weighted by atomic mass is 16.2. The number of carbonyl (C=O) groups excluding carboxylic acids is 2. The fraction of sp³-hybridized carbons (Fsp3) is 0.385. The number of amides is 2. The monoisotopic (exact) mass is 249 g/mol. The fourth-order valence-electron chi connectivity index (χ4n) is 1.68. The molecule has 2 amide bonds. The number of primary amides is 1. The van der Waals surface area contributed by atoms with Crippen molar-refractivity contribution in [1.82, 2.24) is 4.90 Å². The summed E-state index contributed by atoms with van der Waals surface area (Å²) in [4.78, 5) is 24.3. The van der Waals surface area contributed by atoms with Gasteiger partial charge in [0.1, 0.15) is 0 Å². The van der Waals surface area contributed by atoms with Crippen molar-refractivity contribution in [1.29, 1.82) is 0 Å². The van der Waals surface area contributed by atoms with Crippen molar-refractivity contribution in [2.75, 3.05) is 12.3 Å². The number of carbonyl (C=O) groups is 2. The van der Waals surface area contributed by atoms with E-state index in [2.05, 4.69) is 0 Å². The summed E-state index contributed by atoms with van der Waals surface area (Å²) in [6.45, 7) is 2.15. The van der Waals surface area contributed by atoms with Crippen molar-refractivity contribution in [3.8, 4) is 0 Å². The molecule has 0 atom stereocenters. The minimum Gasteiger partial charge on any atom is -0.398 e. The minimum absolute atomic E-state index is 0.0762. The van der Waals surface area contributed by atoms with Crippen LogP contribution in [0.15, 0.2) is 24.3 Å². The molecule has 0 aliphatic heterocycles. The molecule has 0 unspecified atom stereocenters. The highest BCUT2D eigenvalue weighted by Crippen LogP contribution is 2.14. The highest BCUT2D eigenvalue weighted by molar-refractivity contribution is 5.83. The minimum atomic E-state index is -0.519. The Labute approximate surface area is 107 Å². The molecule has 0 bridgehead atoms. The number of rotatable bonds is 6. The molecule has 0 aliphatic rings. The zero-order valence-corrected chi connectivity index (χ0v) is 10.6. The van der Waals surface area contributed by atoms with Crippen molar-refractivity contribution in [2.24, 2.45) is 5.73 Å². The molecule has 98 valence electrons. The summed E-state index contributed by atoms with van der Waals surface area (Å²) in [5, 5.41) is 0. The van der Waals surface area contributed by atoms with Gasteiger partial charge in [-0.05, 0) is 18.1 Å². The van der Waals surface area contributed by atoms with E-state index in [1.165, 1.54) is 4.90 Å². The quantitative estimate of drug-likeness (QED) is 0.733. The van der Waals surface area contributed by atoms with Gasteiger partial charge in [-0.25, -0.2) is 0 Å². The van der Waals surface area contributed by atoms with Crippen LogP contribution in [0.3, 0.4) is 0 Å². The summed E-state index contributed by atoms with van der Waals surface area (Å²) < 4.78 is 0. The standard InChI is InChI=1S/C13H19N3O2/c1-2-5-13(18)16(9-12(15)17)8-10-6-3-4-7-11(10)14/h3-4,6-7H,2,5,8-9,14H2,1H3,(H2,15,17). The molecular weight excluding hydrogens is 230 g/mol. The molecule has 18 heavy (non-hydrogen) atoms. The third-order valence-corrected chi connectivity index (χ3v) is 2.58. The van der Waals surface area contributed by atoms with Gasteiger partial charge in [0.25, 0.3) is 0 Å². The van der Waals surface area contributed by atoms with Gasteiger partial charge in [0.2, 0.25) is 11.8 Å². The number of nitrogens with two attached hydrogens (primary N) is 2. The number of para-hydroxylation sites is 1. The molecule has 0 radical (unpaired) electrons. The van der Waals surface area contributed by atoms with Crippen LogP contribution >= 0.6 is 0 Å². The van der Waals surface area contributed by atoms with E-state index in [1.54, 1.807) is 6.07 Å². The number of nitrogen functional groups attached to an aromatic ring is 1. The summed E-state index contributed by atoms with van der Waals surface area (Å²) in [5.74, 6) is -0.603. The molecule has 1 aromatic rings. The van der Waals surface area contributed by atoms with Crippen LogP contribution in [-0.4, -0.2) is 23.3 Å². The summed E-state index contributed by atoms with van der Waals surface area (Å²) in [7, 11) is 0. The Morgan fingerprint density at radius 3 is 2.50 bits per heavy atom. The zero-order chi connectivity index (χ0) is 13.5. The van der Waals surface area contributed by atoms with Gasteiger partial charge in [0.15, 0.2) is 0 Å². The van der Waals surface area contributed by atoms with E-state index in [9.17, 15) is 9.59 Å². The first-order valence-electron chi connectivity index (χ1n) is 5.94. The smallest absolute Gasteiger partial charge is 0.237 e. The van der Waals surface area contributed by atoms with Crippen LogP contribution in [-0.2, 0) is 16.1 Å². The Balaban J connectivity index is 2.81. The van der Waals surface area contributed by atoms with E-state index in [0.717, 1.165) is 12.0 Å². The Hall–Kier alpha value is -2.04. The van der Waals surface area contributed by atoms with Crippen LogP contribution in [0, 0.1) is 0 Å². The van der Waals surface area contributed by atoms with Crippen molar-refractivity contribution in [3.63, 3.8) is 0 Å². The van der Waals surface area contributed by atoms with Gasteiger partial charge in [-0.1, -0.05) is 25.1 Å². The molecule has 0 fully saturated rings. The molecule has 0 heterocycles. The van der Waals surface area contributed by atoms with Gasteiger partial charge in [-0.2, -0.15) is 0 Å². The van der Waals surface area contributed by atoms with Crippen LogP contribution in [0.1, 0.15) is 25.3 Å². The lowest BCUT2D eigenvalue weighted by Gasteiger charge is -2.21. The maximum atomic E-state index is 11.9. The molecule has 0 spiro atoms. The van der Waals surface area contributed by atoms with Crippen molar-refractivity contribution in [2.45, 2.75) is 26.3 Å². The lowest BCUT2D eigenvalue weighted by molar-refractivity contribution is -0.135. The lowest BCUT2D eigenvalue weighted by atomic mass is 10.1. The summed E-state index contributed by atoms with van der Waals surface area (Å²) in [6, 6.07) is 7.27. The van der Waals surface area contributed by atoms with Crippen LogP contribution in [0.5, 0.6) is 0 Å². The Kier molecular flexibility index (Phi) is 5.17. The summed E-state index contributed by atoms with van der Waals surface area (Å²) >= 11 is 0. The zero-order valence-electron chi connectivity index (χ0n) is 10.6. The van der Waals surface area contributed by atoms with Crippen LogP contribution < -0.4 is 11.5 Å². The van der Waals surface area contributed by atoms with E-state index in [4.69, 9.17) is 11.5 Å². The Morgan fingerprint density at radius 2 is 1.94 bits per heavy atom. The fourth-order valence-corrected chi connectivity index (χ4v) is 1.68. The maximum Gasteiger partial charge on any atom is 0.237 e. The van der Waals surface area contributed by atoms with E-state index >= 15 is 0 Å². The average molecular weight is 249 g/mol. The van der Waals surface area contributed by atoms with Crippen molar-refractivity contribution in [3.05, 3.63) is 29.8 Å². The summed E-state index contributed by atoms with van der Waals surface area (Å²) in [6.07, 6.45) is 1.14. The SMILES string of the molecule is CCCC(=O)N(CC(N)=O)Cc1ccccc1N. The van der Waals surface area contributed by atoms with Crippen molar-refractivity contribution >= 4 is 17.5 Å². The van der Waals surface area contributed by atoms with E-state index in [-0.39, 0.29) is 12.5 Å². The molecular formula is C13H19N3O2. The Morgan fingerprint density at radius 1 is 1.28 bits per heavy atom. The summed E-state index contributed by atoms with van der Waals surface area (Å²) in [5.41, 5.74) is 12.4. The van der Waals surface area contributed by atoms with Crippen LogP contribution in [0.25, 0.3) is 0 Å². The maximum absolute atomic E-state index is 11.9. The Bertz CT molecular complexity index is 432. The largest absolute Gasteiger partial charge is 0.398 e. The predicted molar refractivity (Wildman–Crippen MR) is 70.4 cm³/mol. The van der Waals surface area contributed by atoms with Crippen LogP contribution in [0.2, 0.25) is 0 Å². The number of hydrogen-bond donors (Lipinski definition) is 2. The second-order valence-corrected chi connectivity index (χ2v) is 4.16. The van der Waals surface area contributed by atoms with Gasteiger partial charge in [0.05, 0.1) is 6.54 Å². The highest BCUT2D eigenvalue weighted by Gasteiger charge is 2.16. The molecule has 5 nitrogen and oxygen atoms in total. The lowest BCUT2D eigenvalue weighted by Crippen LogP contribution is -2.38. The molecule has 0 aliphatic carbocycles. The van der Waals surface area contributed by atoms with Gasteiger partial charge in [0, 0.05) is 18.7 Å². The van der Waals surface area contributed by atoms with E-state index in [1.807, 2.05) is 25.1 Å². The third kappa shape index (κ3) is 4.08. The first-order valence-corrected chi connectivity index (χ1v) is 5.94. The first-order chi connectivity index (χ1) is 8.54. The van der Waals surface area contributed by atoms with E-state index < -0.39 is 5.91 Å². The molecule has 0 aromatic heterocycles. The van der Waals surface area contributed by atoms with Gasteiger partial charge in [-0.3, -0.25) is 9.59 Å². The van der Waals surface area contributed by atoms with Crippen molar-refractivity contribution < 1.29 is 9.59 Å². The number of benzene rings is 1. The number of anilines is 1. The van der Waals surface area contributed by atoms with E-state index in [0.29, 0.717) is 18.7 Å². The molecule has 4 N–H and O–H groups in total. The average Bonchev–Trinajstić information content (AvgIpc) is 2.31. The third-order valence-electron chi connectivity index (χ3n) is 2.58. The predicted octanol–water partition coefficient (Wildman–Crippen LogP) is 0.883. The number of hydrogen-bond acceptors (Lipinski definition) is 3. The second-order valence-electron chi connectivity index (χ2n) is 4.16. The molecule has 0 saturated carbocycles. The first kappa shape index (κ1) is 14.0. The molecule has 1 aromatic carbocycles. The molecule has 0 saturated heterocycles. The van der Waals surface area contributed by atoms with Crippen LogP contribution in [0.4, 0.5) is 5.69 Å². The normalized spacial score (nSPS) is 10.1. The molecule has 5 heteroatoms. The van der Waals surface area contributed by atoms with Gasteiger partial charge < -0.3 is 16.4 Å². The number of nitrogens with zero attached hydrogens (tertiary/aromatic N) is 1. The van der Waals surface area contributed by atoms with Gasteiger partial charge in [-0.15, -0.1) is 0 Å². The second kappa shape index (κ2) is 6.64. The van der Waals surface area contributed by atoms with Gasteiger partial charge >= 0.3 is 0 Å².